The van der Waals surface area contributed by atoms with Crippen LogP contribution in [0.25, 0.3) is 0 Å². The highest BCUT2D eigenvalue weighted by Gasteiger charge is 2.22. The summed E-state index contributed by atoms with van der Waals surface area (Å²) in [5, 5.41) is 0. The lowest BCUT2D eigenvalue weighted by Crippen LogP contribution is -2.17. The van der Waals surface area contributed by atoms with Crippen LogP contribution in [0.15, 0.2) is 35.2 Å². The molecule has 0 aliphatic rings. The maximum absolute atomic E-state index is 12.7. The number of sulfonamides is 1. The summed E-state index contributed by atoms with van der Waals surface area (Å²) >= 11 is 2.19. The van der Waals surface area contributed by atoms with Crippen molar-refractivity contribution in [3.8, 4) is 0 Å². The first kappa shape index (κ1) is 16.3. The minimum atomic E-state index is -3.58. The normalized spacial score (nSPS) is 11.5. The Morgan fingerprint density at radius 1 is 0.905 bits per heavy atom. The molecule has 0 heterocycles. The van der Waals surface area contributed by atoms with Crippen LogP contribution in [0.5, 0.6) is 0 Å². The van der Waals surface area contributed by atoms with Crippen LogP contribution >= 0.6 is 22.6 Å². The van der Waals surface area contributed by atoms with E-state index in [1.165, 1.54) is 0 Å². The van der Waals surface area contributed by atoms with Crippen molar-refractivity contribution in [3.63, 3.8) is 0 Å². The van der Waals surface area contributed by atoms with Gasteiger partial charge in [-0.1, -0.05) is 6.07 Å². The van der Waals surface area contributed by atoms with Gasteiger partial charge in [-0.05, 0) is 96.8 Å². The smallest absolute Gasteiger partial charge is 0.262 e. The zero-order chi connectivity index (χ0) is 15.8. The summed E-state index contributed by atoms with van der Waals surface area (Å²) < 4.78 is 29.2. The topological polar surface area (TPSA) is 46.2 Å². The van der Waals surface area contributed by atoms with Crippen molar-refractivity contribution >= 4 is 38.3 Å². The second-order valence-electron chi connectivity index (χ2n) is 5.20. The molecule has 0 aromatic heterocycles. The Hall–Kier alpha value is -1.08. The molecule has 3 nitrogen and oxygen atoms in total. The highest BCUT2D eigenvalue weighted by atomic mass is 127. The van der Waals surface area contributed by atoms with E-state index in [-0.39, 0.29) is 0 Å². The summed E-state index contributed by atoms with van der Waals surface area (Å²) in [4.78, 5) is 0.388. The third kappa shape index (κ3) is 3.40. The molecule has 0 atom stereocenters. The second kappa shape index (κ2) is 5.96. The summed E-state index contributed by atoms with van der Waals surface area (Å²) in [7, 11) is -3.58. The molecular formula is C16H18INO2S. The number of nitrogens with one attached hydrogen (secondary N) is 1. The van der Waals surface area contributed by atoms with E-state index in [0.29, 0.717) is 10.6 Å². The maximum atomic E-state index is 12.7. The Kier molecular flexibility index (Phi) is 4.63. The SMILES string of the molecule is Cc1cc(C)c(C)c(S(=O)(=O)Nc2ccc(I)cc2)c1C. The minimum absolute atomic E-state index is 0.388. The van der Waals surface area contributed by atoms with Gasteiger partial charge in [0.05, 0.1) is 4.90 Å². The van der Waals surface area contributed by atoms with Crippen LogP contribution in [0, 0.1) is 31.3 Å². The van der Waals surface area contributed by atoms with Crippen LogP contribution in [0.4, 0.5) is 5.69 Å². The average Bonchev–Trinajstić information content (AvgIpc) is 2.39. The molecule has 0 aliphatic carbocycles. The van der Waals surface area contributed by atoms with Gasteiger partial charge in [0, 0.05) is 9.26 Å². The molecule has 0 saturated carbocycles. The Labute approximate surface area is 140 Å². The molecule has 5 heteroatoms. The molecule has 0 radical (unpaired) electrons. The number of rotatable bonds is 3. The van der Waals surface area contributed by atoms with Crippen molar-refractivity contribution in [1.29, 1.82) is 0 Å². The van der Waals surface area contributed by atoms with Gasteiger partial charge in [0.15, 0.2) is 0 Å². The van der Waals surface area contributed by atoms with Crippen molar-refractivity contribution in [2.24, 2.45) is 0 Å². The van der Waals surface area contributed by atoms with Gasteiger partial charge >= 0.3 is 0 Å². The quantitative estimate of drug-likeness (QED) is 0.759. The van der Waals surface area contributed by atoms with E-state index in [1.807, 2.05) is 45.9 Å². The monoisotopic (exact) mass is 415 g/mol. The van der Waals surface area contributed by atoms with E-state index in [4.69, 9.17) is 0 Å². The lowest BCUT2D eigenvalue weighted by molar-refractivity contribution is 0.599. The van der Waals surface area contributed by atoms with Crippen molar-refractivity contribution in [1.82, 2.24) is 0 Å². The van der Waals surface area contributed by atoms with E-state index in [1.54, 1.807) is 12.1 Å². The van der Waals surface area contributed by atoms with Crippen LogP contribution in [-0.2, 0) is 10.0 Å². The first-order chi connectivity index (χ1) is 9.72. The number of anilines is 1. The Morgan fingerprint density at radius 3 is 1.86 bits per heavy atom. The molecule has 0 fully saturated rings. The molecule has 0 bridgehead atoms. The number of aryl methyl sites for hydroxylation is 2. The maximum Gasteiger partial charge on any atom is 0.262 e. The molecule has 0 amide bonds. The van der Waals surface area contributed by atoms with Crippen molar-refractivity contribution in [2.75, 3.05) is 4.72 Å². The lowest BCUT2D eigenvalue weighted by atomic mass is 10.0. The molecule has 0 unspecified atom stereocenters. The Balaban J connectivity index is 2.52. The van der Waals surface area contributed by atoms with Gasteiger partial charge in [-0.2, -0.15) is 0 Å². The van der Waals surface area contributed by atoms with Gasteiger partial charge in [0.25, 0.3) is 10.0 Å². The fraction of sp³-hybridized carbons (Fsp3) is 0.250. The summed E-state index contributed by atoms with van der Waals surface area (Å²) in [6.07, 6.45) is 0. The van der Waals surface area contributed by atoms with Crippen LogP contribution < -0.4 is 4.72 Å². The fourth-order valence-corrected chi connectivity index (χ4v) is 4.34. The molecular weight excluding hydrogens is 397 g/mol. The highest BCUT2D eigenvalue weighted by molar-refractivity contribution is 14.1. The predicted octanol–water partition coefficient (Wildman–Crippen LogP) is 4.33. The number of benzene rings is 2. The molecule has 21 heavy (non-hydrogen) atoms. The standard InChI is InChI=1S/C16H18INO2S/c1-10-9-11(2)13(4)16(12(10)3)21(19,20)18-15-7-5-14(17)6-8-15/h5-9,18H,1-4H3. The molecule has 2 aromatic rings. The molecule has 2 rings (SSSR count). The Morgan fingerprint density at radius 2 is 1.38 bits per heavy atom. The van der Waals surface area contributed by atoms with Crippen molar-refractivity contribution in [2.45, 2.75) is 32.6 Å². The van der Waals surface area contributed by atoms with Crippen molar-refractivity contribution in [3.05, 3.63) is 56.2 Å². The molecule has 0 aliphatic heterocycles. The molecule has 0 spiro atoms. The van der Waals surface area contributed by atoms with Gasteiger partial charge in [-0.3, -0.25) is 4.72 Å². The van der Waals surface area contributed by atoms with E-state index in [2.05, 4.69) is 27.3 Å². The minimum Gasteiger partial charge on any atom is -0.280 e. The van der Waals surface area contributed by atoms with Gasteiger partial charge in [0.1, 0.15) is 0 Å². The third-order valence-electron chi connectivity index (χ3n) is 3.66. The first-order valence-electron chi connectivity index (χ1n) is 6.58. The zero-order valence-electron chi connectivity index (χ0n) is 12.5. The van der Waals surface area contributed by atoms with E-state index >= 15 is 0 Å². The molecule has 0 saturated heterocycles. The molecule has 112 valence electrons. The lowest BCUT2D eigenvalue weighted by Gasteiger charge is -2.16. The van der Waals surface area contributed by atoms with Crippen LogP contribution in [0.3, 0.4) is 0 Å². The van der Waals surface area contributed by atoms with Gasteiger partial charge < -0.3 is 0 Å². The number of hydrogen-bond donors (Lipinski definition) is 1. The van der Waals surface area contributed by atoms with Crippen LogP contribution in [0.2, 0.25) is 0 Å². The summed E-state index contributed by atoms with van der Waals surface area (Å²) in [5.41, 5.74) is 4.16. The Bertz CT molecular complexity index is 755. The van der Waals surface area contributed by atoms with E-state index in [0.717, 1.165) is 25.8 Å². The number of halogens is 1. The largest absolute Gasteiger partial charge is 0.280 e. The number of hydrogen-bond acceptors (Lipinski definition) is 2. The van der Waals surface area contributed by atoms with Crippen LogP contribution in [0.1, 0.15) is 22.3 Å². The zero-order valence-corrected chi connectivity index (χ0v) is 15.5. The summed E-state index contributed by atoms with van der Waals surface area (Å²) in [6.45, 7) is 7.58. The fourth-order valence-electron chi connectivity index (χ4n) is 2.31. The third-order valence-corrected chi connectivity index (χ3v) is 6.04. The second-order valence-corrected chi connectivity index (χ2v) is 8.07. The van der Waals surface area contributed by atoms with E-state index in [9.17, 15) is 8.42 Å². The average molecular weight is 415 g/mol. The predicted molar refractivity (Wildman–Crippen MR) is 95.4 cm³/mol. The van der Waals surface area contributed by atoms with Gasteiger partial charge in [-0.15, -0.1) is 0 Å². The molecule has 1 N–H and O–H groups in total. The molecule has 2 aromatic carbocycles. The first-order valence-corrected chi connectivity index (χ1v) is 9.14. The van der Waals surface area contributed by atoms with Gasteiger partial charge in [-0.25, -0.2) is 8.42 Å². The van der Waals surface area contributed by atoms with Gasteiger partial charge in [0.2, 0.25) is 0 Å². The summed E-state index contributed by atoms with van der Waals surface area (Å²) in [5.74, 6) is 0. The van der Waals surface area contributed by atoms with Crippen molar-refractivity contribution < 1.29 is 8.42 Å². The van der Waals surface area contributed by atoms with Crippen LogP contribution in [-0.4, -0.2) is 8.42 Å². The summed E-state index contributed by atoms with van der Waals surface area (Å²) in [6, 6.07) is 9.31. The van der Waals surface area contributed by atoms with E-state index < -0.39 is 10.0 Å². The highest BCUT2D eigenvalue weighted by Crippen LogP contribution is 2.27.